The van der Waals surface area contributed by atoms with Crippen molar-refractivity contribution in [1.82, 2.24) is 0 Å². The van der Waals surface area contributed by atoms with Crippen LogP contribution in [0, 0.1) is 40.7 Å². The molecule has 0 N–H and O–H groups in total. The number of aryl methyl sites for hydroxylation is 2. The van der Waals surface area contributed by atoms with Crippen LogP contribution in [-0.4, -0.2) is 12.1 Å². The van der Waals surface area contributed by atoms with Crippen molar-refractivity contribution in [1.29, 1.82) is 0 Å². The first-order chi connectivity index (χ1) is 17.9. The first kappa shape index (κ1) is 39.5. The molecule has 0 saturated heterocycles. The van der Waals surface area contributed by atoms with E-state index in [2.05, 4.69) is 139 Å². The first-order valence-electron chi connectivity index (χ1n) is 12.7. The van der Waals surface area contributed by atoms with Gasteiger partial charge in [0.25, 0.3) is 0 Å². The van der Waals surface area contributed by atoms with E-state index in [4.69, 9.17) is 0 Å². The normalized spacial score (nSPS) is 14.4. The molecule has 41 heavy (non-hydrogen) atoms. The molecule has 2 aliphatic rings. The van der Waals surface area contributed by atoms with Crippen molar-refractivity contribution in [2.45, 2.75) is 39.9 Å². The molecule has 0 aromatic heterocycles. The Kier molecular flexibility index (Phi) is 17.6. The van der Waals surface area contributed by atoms with Crippen LogP contribution < -0.4 is 0 Å². The van der Waals surface area contributed by atoms with Crippen LogP contribution in [0.5, 0.6) is 0 Å². The van der Waals surface area contributed by atoms with E-state index in [0.717, 1.165) is 0 Å². The fraction of sp³-hybridized carbons (Fsp3) is 0.194. The Morgan fingerprint density at radius 1 is 0.854 bits per heavy atom. The second-order valence-electron chi connectivity index (χ2n) is 9.82. The Morgan fingerprint density at radius 3 is 1.98 bits per heavy atom. The van der Waals surface area contributed by atoms with Gasteiger partial charge in [-0.05, 0) is 24.0 Å². The van der Waals surface area contributed by atoms with Crippen LogP contribution in [0.25, 0.3) is 27.5 Å². The average molecular weight is 695 g/mol. The van der Waals surface area contributed by atoms with Gasteiger partial charge in [0.1, 0.15) is 0 Å². The van der Waals surface area contributed by atoms with Crippen molar-refractivity contribution in [3.05, 3.63) is 145 Å². The number of thioether (sulfide) groups is 1. The van der Waals surface area contributed by atoms with Gasteiger partial charge in [-0.2, -0.15) is 23.3 Å². The average Bonchev–Trinajstić information content (AvgIpc) is 3.59. The summed E-state index contributed by atoms with van der Waals surface area (Å²) in [6.45, 7) is 14.2. The van der Waals surface area contributed by atoms with Crippen LogP contribution >= 0.6 is 36.6 Å². The van der Waals surface area contributed by atoms with Gasteiger partial charge in [-0.3, -0.25) is 0 Å². The number of rotatable bonds is 3. The van der Waals surface area contributed by atoms with Crippen LogP contribution in [0.2, 0.25) is 0 Å². The summed E-state index contributed by atoms with van der Waals surface area (Å²) >= 11 is 3.30. The van der Waals surface area contributed by atoms with E-state index < -0.39 is 0 Å². The monoisotopic (exact) mass is 692 g/mol. The summed E-state index contributed by atoms with van der Waals surface area (Å²) in [5.74, 6) is 0.559. The van der Waals surface area contributed by atoms with Gasteiger partial charge >= 0.3 is 30.2 Å². The molecule has 0 saturated carbocycles. The third-order valence-electron chi connectivity index (χ3n) is 6.83. The number of hydrogen-bond acceptors (Lipinski definition) is 1. The fourth-order valence-electron chi connectivity index (χ4n) is 4.98. The van der Waals surface area contributed by atoms with Crippen LogP contribution in [0.3, 0.4) is 0 Å². The molecular formula is C36H40Cl2SSiZr-4. The zero-order chi connectivity index (χ0) is 26.5. The molecule has 1 atom stereocenters. The third-order valence-corrected chi connectivity index (χ3v) is 7.98. The Hall–Kier alpha value is -1.48. The second kappa shape index (κ2) is 18.2. The van der Waals surface area contributed by atoms with Gasteiger partial charge in [-0.1, -0.05) is 106 Å². The van der Waals surface area contributed by atoms with Crippen LogP contribution in [0.4, 0.5) is 0 Å². The molecule has 2 radical (unpaired) electrons. The Morgan fingerprint density at radius 2 is 1.41 bits per heavy atom. The molecule has 0 fully saturated rings. The van der Waals surface area contributed by atoms with E-state index in [0.29, 0.717) is 11.2 Å². The van der Waals surface area contributed by atoms with Crippen molar-refractivity contribution in [2.24, 2.45) is 5.92 Å². The van der Waals surface area contributed by atoms with Crippen molar-refractivity contribution in [2.75, 3.05) is 0 Å². The van der Waals surface area contributed by atoms with E-state index in [1.54, 1.807) is 0 Å². The van der Waals surface area contributed by atoms with Crippen LogP contribution in [0.15, 0.2) is 107 Å². The van der Waals surface area contributed by atoms with E-state index in [-0.39, 0.29) is 39.7 Å². The number of halogens is 2. The molecule has 1 heterocycles. The number of fused-ring (bicyclic) bond motifs is 2. The summed E-state index contributed by atoms with van der Waals surface area (Å²) < 4.78 is 0. The van der Waals surface area contributed by atoms with Crippen LogP contribution in [-0.2, 0) is 23.3 Å². The molecule has 4 aromatic carbocycles. The van der Waals surface area contributed by atoms with Gasteiger partial charge in [0, 0.05) is 5.25 Å². The van der Waals surface area contributed by atoms with Gasteiger partial charge in [0.05, 0.1) is 0 Å². The molecule has 1 aliphatic carbocycles. The number of hydrogen-bond donors (Lipinski definition) is 0. The van der Waals surface area contributed by atoms with E-state index in [9.17, 15) is 0 Å². The number of benzene rings is 3. The van der Waals surface area contributed by atoms with E-state index in [1.165, 1.54) is 83.5 Å². The van der Waals surface area contributed by atoms with Crippen LogP contribution in [0.1, 0.15) is 37.5 Å². The zero-order valence-corrected chi connectivity index (χ0v) is 30.9. The minimum absolute atomic E-state index is 0. The van der Waals surface area contributed by atoms with E-state index in [1.807, 2.05) is 11.8 Å². The molecular weight excluding hydrogens is 655 g/mol. The Balaban J connectivity index is 0.000000675. The molecule has 0 spiro atoms. The molecule has 1 unspecified atom stereocenters. The minimum atomic E-state index is 0. The summed E-state index contributed by atoms with van der Waals surface area (Å²) in [4.78, 5) is 1.34. The molecule has 0 nitrogen and oxygen atoms in total. The van der Waals surface area contributed by atoms with Gasteiger partial charge in [-0.15, -0.1) is 75.5 Å². The topological polar surface area (TPSA) is 0 Å². The summed E-state index contributed by atoms with van der Waals surface area (Å²) in [6, 6.07) is 30.3. The maximum absolute atomic E-state index is 3.57. The van der Waals surface area contributed by atoms with Gasteiger partial charge in [0.15, 0.2) is 0 Å². The molecule has 6 rings (SSSR count). The van der Waals surface area contributed by atoms with Gasteiger partial charge in [-0.25, -0.2) is 6.08 Å². The summed E-state index contributed by atoms with van der Waals surface area (Å²) in [5, 5.41) is 3.28. The summed E-state index contributed by atoms with van der Waals surface area (Å²) in [6.07, 6.45) is 5.90. The molecule has 5 heteroatoms. The SMILES string of the molecule is CC(C)C1=CC2=C(c3ccccc3)C(C)SC2=[C-]1.Cc1cc2c(-c3ccccc3)ccc(C)c2[cH-]1.Cl.Cl.[CH3-].[CH3-].[Si]=[Zr]. The molecule has 4 aromatic rings. The van der Waals surface area contributed by atoms with Gasteiger partial charge in [0.2, 0.25) is 0 Å². The standard InChI is InChI=1S/C17H17S.C17H15.2CH3.2ClH.Si.Zr/c1-11(2)14-9-15-16(10-14)18-12(3)17(15)13-7-5-4-6-8-13;1-12-10-16-13(2)8-9-15(17(16)11-12)14-6-4-3-5-7-14;;;;;;/h4-9,11-12H,1-3H3;3-11H,1-2H3;2*1H3;2*1H;;/q4*-1;;;;. The second-order valence-corrected chi connectivity index (χ2v) is 11.2. The fourth-order valence-corrected chi connectivity index (χ4v) is 6.19. The zero-order valence-electron chi connectivity index (χ0n) is 25.0. The molecule has 0 bridgehead atoms. The molecule has 216 valence electrons. The summed E-state index contributed by atoms with van der Waals surface area (Å²) in [5.41, 5.74) is 10.9. The maximum atomic E-state index is 3.57. The van der Waals surface area contributed by atoms with Crippen molar-refractivity contribution < 1.29 is 23.3 Å². The first-order valence-corrected chi connectivity index (χ1v) is 17.8. The quantitative estimate of drug-likeness (QED) is 0.152. The predicted molar refractivity (Wildman–Crippen MR) is 188 cm³/mol. The molecule has 1 aliphatic heterocycles. The molecule has 0 amide bonds. The Bertz CT molecular complexity index is 1480. The number of allylic oxidation sites excluding steroid dienone is 4. The van der Waals surface area contributed by atoms with Crippen molar-refractivity contribution in [3.63, 3.8) is 0 Å². The summed E-state index contributed by atoms with van der Waals surface area (Å²) in [7, 11) is 0. The Labute approximate surface area is 282 Å². The van der Waals surface area contributed by atoms with Crippen molar-refractivity contribution in [3.8, 4) is 11.1 Å². The van der Waals surface area contributed by atoms with Gasteiger partial charge < -0.3 is 14.9 Å². The van der Waals surface area contributed by atoms with E-state index >= 15 is 0 Å². The van der Waals surface area contributed by atoms with Crippen molar-refractivity contribution >= 4 is 59.8 Å². The third kappa shape index (κ3) is 9.01. The predicted octanol–water partition coefficient (Wildman–Crippen LogP) is 11.1.